The third-order valence-electron chi connectivity index (χ3n) is 2.82. The van der Waals surface area contributed by atoms with Gasteiger partial charge in [0.25, 0.3) is 0 Å². The van der Waals surface area contributed by atoms with E-state index >= 15 is 0 Å². The van der Waals surface area contributed by atoms with Gasteiger partial charge < -0.3 is 4.98 Å². The van der Waals surface area contributed by atoms with Gasteiger partial charge >= 0.3 is 0 Å². The van der Waals surface area contributed by atoms with Crippen LogP contribution in [0.1, 0.15) is 32.2 Å². The topological polar surface area (TPSA) is 40.5 Å². The predicted octanol–water partition coefficient (Wildman–Crippen LogP) is 4.50. The van der Waals surface area contributed by atoms with Crippen molar-refractivity contribution in [3.05, 3.63) is 60.1 Å². The third-order valence-corrected chi connectivity index (χ3v) is 2.82. The molecule has 0 unspecified atom stereocenters. The Labute approximate surface area is 123 Å². The fourth-order valence-electron chi connectivity index (χ4n) is 1.47. The summed E-state index contributed by atoms with van der Waals surface area (Å²) in [5, 5.41) is 0. The first-order chi connectivity index (χ1) is 9.97. The summed E-state index contributed by atoms with van der Waals surface area (Å²) in [5.41, 5.74) is 2.85. The van der Waals surface area contributed by atoms with Crippen LogP contribution in [-0.2, 0) is 0 Å². The van der Waals surface area contributed by atoms with Gasteiger partial charge in [-0.2, -0.15) is 0 Å². The number of H-pyrrole nitrogens is 1. The molecule has 1 heterocycles. The van der Waals surface area contributed by atoms with Gasteiger partial charge in [-0.1, -0.05) is 12.7 Å². The number of rotatable bonds is 6. The van der Waals surface area contributed by atoms with E-state index in [0.29, 0.717) is 11.4 Å². The van der Waals surface area contributed by atoms with Crippen molar-refractivity contribution in [1.82, 2.24) is 4.98 Å². The van der Waals surface area contributed by atoms with Crippen molar-refractivity contribution >= 4 is 11.4 Å². The number of nitrogens with one attached hydrogen (secondary N) is 1. The van der Waals surface area contributed by atoms with Crippen LogP contribution in [0.3, 0.4) is 0 Å². The number of hydrogen-bond donors (Lipinski definition) is 1. The molecule has 0 fully saturated rings. The van der Waals surface area contributed by atoms with E-state index in [0.717, 1.165) is 23.7 Å². The molecule has 0 spiro atoms. The molecular formula is C16H19F2N3. The second kappa shape index (κ2) is 8.09. The van der Waals surface area contributed by atoms with Crippen molar-refractivity contribution in [3.63, 3.8) is 0 Å². The number of aromatic amines is 1. The van der Waals surface area contributed by atoms with Crippen molar-refractivity contribution in [1.29, 1.82) is 0 Å². The van der Waals surface area contributed by atoms with Crippen LogP contribution in [0.5, 0.6) is 0 Å². The highest BCUT2D eigenvalue weighted by Crippen LogP contribution is 2.07. The standard InChI is InChI=1S/C16H19F2N3/c1-5-13(17)9-19-11(3)15-7-8-16(21-15)12(4)20-10-14(18)6-2/h5-9,21H,1,10H2,2-4H3/b13-9-,14-6+,19-11?,20-12?. The number of hydrogen-bond acceptors (Lipinski definition) is 2. The molecule has 0 saturated carbocycles. The Hall–Kier alpha value is -2.30. The fourth-order valence-corrected chi connectivity index (χ4v) is 1.47. The molecule has 112 valence electrons. The molecule has 0 aliphatic carbocycles. The van der Waals surface area contributed by atoms with E-state index in [-0.39, 0.29) is 12.4 Å². The van der Waals surface area contributed by atoms with E-state index in [1.54, 1.807) is 20.8 Å². The minimum atomic E-state index is -0.499. The molecule has 0 aliphatic heterocycles. The maximum atomic E-state index is 13.0. The van der Waals surface area contributed by atoms with Crippen LogP contribution in [0.15, 0.2) is 58.7 Å². The molecule has 0 radical (unpaired) electrons. The van der Waals surface area contributed by atoms with Gasteiger partial charge in [-0.3, -0.25) is 9.98 Å². The van der Waals surface area contributed by atoms with Gasteiger partial charge in [-0.15, -0.1) is 0 Å². The largest absolute Gasteiger partial charge is 0.353 e. The third kappa shape index (κ3) is 5.30. The van der Waals surface area contributed by atoms with E-state index in [9.17, 15) is 8.78 Å². The molecule has 3 nitrogen and oxygen atoms in total. The van der Waals surface area contributed by atoms with Gasteiger partial charge in [0.1, 0.15) is 11.7 Å². The molecule has 1 N–H and O–H groups in total. The van der Waals surface area contributed by atoms with E-state index in [1.807, 2.05) is 12.1 Å². The first-order valence-corrected chi connectivity index (χ1v) is 6.52. The Morgan fingerprint density at radius 3 is 2.43 bits per heavy atom. The molecule has 0 aromatic carbocycles. The van der Waals surface area contributed by atoms with E-state index in [4.69, 9.17) is 0 Å². The zero-order valence-electron chi connectivity index (χ0n) is 12.5. The minimum Gasteiger partial charge on any atom is -0.353 e. The van der Waals surface area contributed by atoms with Crippen LogP contribution in [-0.4, -0.2) is 23.0 Å². The van der Waals surface area contributed by atoms with Gasteiger partial charge in [-0.25, -0.2) is 8.78 Å². The summed E-state index contributed by atoms with van der Waals surface area (Å²) in [5.74, 6) is -0.774. The second-order valence-electron chi connectivity index (χ2n) is 4.36. The van der Waals surface area contributed by atoms with Crippen molar-refractivity contribution in [2.45, 2.75) is 20.8 Å². The van der Waals surface area contributed by atoms with Crippen LogP contribution in [0.25, 0.3) is 0 Å². The maximum absolute atomic E-state index is 13.0. The number of halogens is 2. The van der Waals surface area contributed by atoms with E-state index in [2.05, 4.69) is 21.5 Å². The lowest BCUT2D eigenvalue weighted by Gasteiger charge is -1.98. The number of aromatic nitrogens is 1. The molecular weight excluding hydrogens is 272 g/mol. The van der Waals surface area contributed by atoms with Crippen molar-refractivity contribution in [2.75, 3.05) is 6.54 Å². The smallest absolute Gasteiger partial charge is 0.140 e. The highest BCUT2D eigenvalue weighted by atomic mass is 19.1. The van der Waals surface area contributed by atoms with Crippen LogP contribution in [0.2, 0.25) is 0 Å². The first kappa shape index (κ1) is 16.8. The van der Waals surface area contributed by atoms with Gasteiger partial charge in [-0.05, 0) is 39.0 Å². The zero-order chi connectivity index (χ0) is 15.8. The Balaban J connectivity index is 2.88. The van der Waals surface area contributed by atoms with Crippen LogP contribution < -0.4 is 0 Å². The fraction of sp³-hybridized carbons (Fsp3) is 0.250. The Morgan fingerprint density at radius 1 is 1.24 bits per heavy atom. The molecule has 0 saturated heterocycles. The quantitative estimate of drug-likeness (QED) is 0.592. The highest BCUT2D eigenvalue weighted by Gasteiger charge is 2.04. The molecule has 1 aromatic rings. The van der Waals surface area contributed by atoms with Crippen LogP contribution >= 0.6 is 0 Å². The molecule has 1 rings (SSSR count). The summed E-state index contributed by atoms with van der Waals surface area (Å²) < 4.78 is 25.9. The van der Waals surface area contributed by atoms with Crippen molar-refractivity contribution < 1.29 is 8.78 Å². The summed E-state index contributed by atoms with van der Waals surface area (Å²) in [7, 11) is 0. The Bertz CT molecular complexity index is 619. The summed E-state index contributed by atoms with van der Waals surface area (Å²) in [6.07, 6.45) is 3.57. The number of allylic oxidation sites excluding steroid dienone is 3. The average molecular weight is 291 g/mol. The molecule has 0 atom stereocenters. The summed E-state index contributed by atoms with van der Waals surface area (Å²) in [6.45, 7) is 8.51. The monoisotopic (exact) mass is 291 g/mol. The molecule has 0 bridgehead atoms. The van der Waals surface area contributed by atoms with Gasteiger partial charge in [0.05, 0.1) is 35.6 Å². The summed E-state index contributed by atoms with van der Waals surface area (Å²) in [6, 6.07) is 3.65. The lowest BCUT2D eigenvalue weighted by atomic mass is 10.3. The predicted molar refractivity (Wildman–Crippen MR) is 84.3 cm³/mol. The minimum absolute atomic E-state index is 0.0248. The number of nitrogens with zero attached hydrogens (tertiary/aromatic N) is 2. The van der Waals surface area contributed by atoms with Crippen LogP contribution in [0.4, 0.5) is 8.78 Å². The number of aliphatic imine (C=N–C) groups is 2. The van der Waals surface area contributed by atoms with Crippen molar-refractivity contribution in [2.24, 2.45) is 9.98 Å². The van der Waals surface area contributed by atoms with Crippen LogP contribution in [0, 0.1) is 0 Å². The molecule has 5 heteroatoms. The van der Waals surface area contributed by atoms with Gasteiger partial charge in [0, 0.05) is 0 Å². The Kier molecular flexibility index (Phi) is 6.46. The summed E-state index contributed by atoms with van der Waals surface area (Å²) >= 11 is 0. The first-order valence-electron chi connectivity index (χ1n) is 6.52. The SMILES string of the molecule is C=C/C(F)=C/N=C(C)c1ccc(C(C)=NC/C(F)=C\C)[nH]1. The summed E-state index contributed by atoms with van der Waals surface area (Å²) in [4.78, 5) is 11.3. The highest BCUT2D eigenvalue weighted by molar-refractivity contribution is 6.01. The molecule has 1 aromatic heterocycles. The van der Waals surface area contributed by atoms with E-state index in [1.165, 1.54) is 6.08 Å². The average Bonchev–Trinajstić information content (AvgIpc) is 2.99. The lowest BCUT2D eigenvalue weighted by Crippen LogP contribution is -2.00. The molecule has 0 aliphatic rings. The lowest BCUT2D eigenvalue weighted by molar-refractivity contribution is 0.617. The van der Waals surface area contributed by atoms with Gasteiger partial charge in [0.2, 0.25) is 0 Å². The zero-order valence-corrected chi connectivity index (χ0v) is 12.5. The van der Waals surface area contributed by atoms with Gasteiger partial charge in [0.15, 0.2) is 0 Å². The second-order valence-corrected chi connectivity index (χ2v) is 4.36. The normalized spacial score (nSPS) is 14.5. The van der Waals surface area contributed by atoms with E-state index < -0.39 is 5.83 Å². The van der Waals surface area contributed by atoms with Crippen molar-refractivity contribution in [3.8, 4) is 0 Å². The molecule has 21 heavy (non-hydrogen) atoms. The Morgan fingerprint density at radius 2 is 1.86 bits per heavy atom. The maximum Gasteiger partial charge on any atom is 0.140 e. The molecule has 0 amide bonds.